The molecule has 5 nitrogen and oxygen atoms in total. The van der Waals surface area contributed by atoms with Gasteiger partial charge in [0.05, 0.1) is 16.9 Å². The Kier molecular flexibility index (Phi) is 2.68. The summed E-state index contributed by atoms with van der Waals surface area (Å²) in [6, 6.07) is 8.47. The Morgan fingerprint density at radius 2 is 2.16 bits per heavy atom. The molecule has 1 N–H and O–H groups in total. The molecular weight excluding hydrogens is 266 g/mol. The van der Waals surface area contributed by atoms with E-state index in [1.165, 1.54) is 4.57 Å². The molecular formula is C13H8ClN3O2. The molecule has 0 saturated heterocycles. The number of fused-ring (bicyclic) bond motifs is 1. The molecule has 0 amide bonds. The summed E-state index contributed by atoms with van der Waals surface area (Å²) in [5, 5.41) is 10.4. The van der Waals surface area contributed by atoms with E-state index in [0.717, 1.165) is 5.39 Å². The van der Waals surface area contributed by atoms with E-state index in [1.54, 1.807) is 42.7 Å². The van der Waals surface area contributed by atoms with Crippen LogP contribution in [0.5, 0.6) is 0 Å². The van der Waals surface area contributed by atoms with Crippen LogP contribution in [0.4, 0.5) is 4.79 Å². The maximum absolute atomic E-state index is 11.4. The molecule has 19 heavy (non-hydrogen) atoms. The van der Waals surface area contributed by atoms with Crippen molar-refractivity contribution in [3.8, 4) is 11.4 Å². The molecule has 6 heteroatoms. The number of halogens is 1. The van der Waals surface area contributed by atoms with E-state index in [0.29, 0.717) is 22.1 Å². The summed E-state index contributed by atoms with van der Waals surface area (Å²) >= 11 is 5.85. The highest BCUT2D eigenvalue weighted by Gasteiger charge is 2.16. The van der Waals surface area contributed by atoms with Crippen molar-refractivity contribution in [2.24, 2.45) is 0 Å². The van der Waals surface area contributed by atoms with Crippen LogP contribution in [-0.2, 0) is 0 Å². The van der Waals surface area contributed by atoms with Gasteiger partial charge in [0.2, 0.25) is 0 Å². The van der Waals surface area contributed by atoms with Gasteiger partial charge >= 0.3 is 6.09 Å². The van der Waals surface area contributed by atoms with Gasteiger partial charge in [-0.15, -0.1) is 0 Å². The molecule has 0 unspecified atom stereocenters. The number of hydrogen-bond donors (Lipinski definition) is 1. The highest BCUT2D eigenvalue weighted by atomic mass is 35.5. The fraction of sp³-hybridized carbons (Fsp3) is 0. The summed E-state index contributed by atoms with van der Waals surface area (Å²) in [5.74, 6) is 0. The Balaban J connectivity index is 2.34. The zero-order valence-electron chi connectivity index (χ0n) is 9.62. The summed E-state index contributed by atoms with van der Waals surface area (Å²) in [5.41, 5.74) is 1.54. The number of nitrogens with zero attached hydrogens (tertiary/aromatic N) is 3. The second kappa shape index (κ2) is 4.37. The van der Waals surface area contributed by atoms with Crippen LogP contribution < -0.4 is 0 Å². The minimum atomic E-state index is -1.07. The second-order valence-corrected chi connectivity index (χ2v) is 4.31. The first kappa shape index (κ1) is 11.7. The molecule has 0 fully saturated rings. The van der Waals surface area contributed by atoms with Crippen LogP contribution in [0.25, 0.3) is 22.3 Å². The first-order valence-corrected chi connectivity index (χ1v) is 5.86. The van der Waals surface area contributed by atoms with E-state index < -0.39 is 6.09 Å². The number of hydrogen-bond acceptors (Lipinski definition) is 3. The van der Waals surface area contributed by atoms with Gasteiger partial charge in [-0.25, -0.2) is 14.3 Å². The summed E-state index contributed by atoms with van der Waals surface area (Å²) in [4.78, 5) is 19.6. The van der Waals surface area contributed by atoms with Crippen LogP contribution in [0.1, 0.15) is 0 Å². The van der Waals surface area contributed by atoms with E-state index in [2.05, 4.69) is 9.97 Å². The molecule has 0 aromatic carbocycles. The maximum atomic E-state index is 11.4. The molecule has 0 atom stereocenters. The molecule has 0 spiro atoms. The number of pyridine rings is 2. The summed E-state index contributed by atoms with van der Waals surface area (Å²) in [6.45, 7) is 0. The molecule has 0 aliphatic carbocycles. The fourth-order valence-electron chi connectivity index (χ4n) is 2.00. The van der Waals surface area contributed by atoms with Crippen molar-refractivity contribution < 1.29 is 9.90 Å². The molecule has 3 aromatic heterocycles. The van der Waals surface area contributed by atoms with Gasteiger partial charge in [-0.05, 0) is 24.3 Å². The first-order valence-electron chi connectivity index (χ1n) is 5.48. The van der Waals surface area contributed by atoms with E-state index in [-0.39, 0.29) is 0 Å². The third-order valence-corrected chi connectivity index (χ3v) is 2.98. The second-order valence-electron chi connectivity index (χ2n) is 3.93. The van der Waals surface area contributed by atoms with E-state index in [1.807, 2.05) is 0 Å². The molecule has 0 aliphatic heterocycles. The Morgan fingerprint density at radius 3 is 2.89 bits per heavy atom. The molecule has 3 heterocycles. The zero-order valence-corrected chi connectivity index (χ0v) is 10.4. The van der Waals surface area contributed by atoms with Crippen molar-refractivity contribution >= 4 is 28.6 Å². The Bertz CT molecular complexity index is 782. The van der Waals surface area contributed by atoms with Crippen molar-refractivity contribution in [1.29, 1.82) is 0 Å². The van der Waals surface area contributed by atoms with Gasteiger partial charge in [0.1, 0.15) is 5.15 Å². The van der Waals surface area contributed by atoms with Crippen molar-refractivity contribution in [3.63, 3.8) is 0 Å². The van der Waals surface area contributed by atoms with Crippen molar-refractivity contribution in [3.05, 3.63) is 47.9 Å². The van der Waals surface area contributed by atoms with E-state index >= 15 is 0 Å². The van der Waals surface area contributed by atoms with Gasteiger partial charge in [0.15, 0.2) is 0 Å². The van der Waals surface area contributed by atoms with Crippen molar-refractivity contribution in [1.82, 2.24) is 14.5 Å². The van der Waals surface area contributed by atoms with Crippen LogP contribution in [-0.4, -0.2) is 25.7 Å². The highest BCUT2D eigenvalue weighted by Crippen LogP contribution is 2.27. The van der Waals surface area contributed by atoms with Gasteiger partial charge in [-0.3, -0.25) is 4.98 Å². The van der Waals surface area contributed by atoms with Gasteiger partial charge in [-0.2, -0.15) is 0 Å². The lowest BCUT2D eigenvalue weighted by Crippen LogP contribution is -2.09. The van der Waals surface area contributed by atoms with Crippen LogP contribution in [0.15, 0.2) is 42.7 Å². The minimum Gasteiger partial charge on any atom is -0.464 e. The molecule has 94 valence electrons. The van der Waals surface area contributed by atoms with E-state index in [9.17, 15) is 9.90 Å². The monoisotopic (exact) mass is 273 g/mol. The SMILES string of the molecule is O=C(O)n1c(-c2cccc(Cl)n2)cc2cnccc21. The standard InChI is InChI=1S/C13H8ClN3O2/c14-12-3-1-2-9(16-12)11-6-8-7-15-5-4-10(8)17(11)13(18)19/h1-7H,(H,18,19). The van der Waals surface area contributed by atoms with Gasteiger partial charge in [0.25, 0.3) is 0 Å². The smallest absolute Gasteiger partial charge is 0.416 e. The van der Waals surface area contributed by atoms with Crippen LogP contribution in [0.2, 0.25) is 5.15 Å². The molecule has 0 bridgehead atoms. The first-order chi connectivity index (χ1) is 9.16. The zero-order chi connectivity index (χ0) is 13.4. The van der Waals surface area contributed by atoms with Crippen molar-refractivity contribution in [2.75, 3.05) is 0 Å². The lowest BCUT2D eigenvalue weighted by atomic mass is 10.2. The van der Waals surface area contributed by atoms with Gasteiger partial charge in [-0.1, -0.05) is 17.7 Å². The summed E-state index contributed by atoms with van der Waals surface area (Å²) < 4.78 is 1.18. The lowest BCUT2D eigenvalue weighted by molar-refractivity contribution is 0.198. The van der Waals surface area contributed by atoms with Crippen LogP contribution in [0, 0.1) is 0 Å². The third kappa shape index (κ3) is 1.94. The molecule has 3 aromatic rings. The average Bonchev–Trinajstić information content (AvgIpc) is 2.78. The van der Waals surface area contributed by atoms with Crippen LogP contribution in [0.3, 0.4) is 0 Å². The normalized spacial score (nSPS) is 10.8. The largest absolute Gasteiger partial charge is 0.464 e. The van der Waals surface area contributed by atoms with Gasteiger partial charge < -0.3 is 5.11 Å². The summed E-state index contributed by atoms with van der Waals surface area (Å²) in [7, 11) is 0. The predicted octanol–water partition coefficient (Wildman–Crippen LogP) is 3.28. The Hall–Kier alpha value is -2.40. The lowest BCUT2D eigenvalue weighted by Gasteiger charge is -2.04. The van der Waals surface area contributed by atoms with Crippen molar-refractivity contribution in [2.45, 2.75) is 0 Å². The molecule has 3 rings (SSSR count). The topological polar surface area (TPSA) is 68.0 Å². The van der Waals surface area contributed by atoms with E-state index in [4.69, 9.17) is 11.6 Å². The number of carboxylic acid groups (broad SMARTS) is 1. The summed E-state index contributed by atoms with van der Waals surface area (Å²) in [6.07, 6.45) is 2.10. The molecule has 0 aliphatic rings. The maximum Gasteiger partial charge on any atom is 0.416 e. The number of rotatable bonds is 1. The molecule has 0 saturated carbocycles. The quantitative estimate of drug-likeness (QED) is 0.691. The van der Waals surface area contributed by atoms with Gasteiger partial charge in [0, 0.05) is 17.8 Å². The predicted molar refractivity (Wildman–Crippen MR) is 71.4 cm³/mol. The third-order valence-electron chi connectivity index (χ3n) is 2.77. The Morgan fingerprint density at radius 1 is 1.32 bits per heavy atom. The number of aromatic nitrogens is 3. The highest BCUT2D eigenvalue weighted by molar-refractivity contribution is 6.29. The Labute approximate surface area is 113 Å². The minimum absolute atomic E-state index is 0.317. The molecule has 0 radical (unpaired) electrons. The van der Waals surface area contributed by atoms with Crippen LogP contribution >= 0.6 is 11.6 Å². The average molecular weight is 274 g/mol. The fourth-order valence-corrected chi connectivity index (χ4v) is 2.17. The number of carbonyl (C=O) groups is 1.